The lowest BCUT2D eigenvalue weighted by atomic mass is 10.1. The Labute approximate surface area is 129 Å². The van der Waals surface area contributed by atoms with Gasteiger partial charge in [0.2, 0.25) is 0 Å². The topological polar surface area (TPSA) is 53.7 Å². The third kappa shape index (κ3) is 4.76. The summed E-state index contributed by atoms with van der Waals surface area (Å²) < 4.78 is 17.4. The highest BCUT2D eigenvalue weighted by Gasteiger charge is 2.10. The molecule has 0 radical (unpaired) electrons. The van der Waals surface area contributed by atoms with Crippen molar-refractivity contribution < 1.29 is 14.2 Å². The van der Waals surface area contributed by atoms with Crippen LogP contribution in [0.1, 0.15) is 16.9 Å². The van der Waals surface area contributed by atoms with Gasteiger partial charge in [-0.05, 0) is 17.9 Å². The molecule has 1 aromatic carbocycles. The molecule has 1 heterocycles. The van der Waals surface area contributed by atoms with E-state index in [1.54, 1.807) is 18.4 Å². The predicted octanol–water partition coefficient (Wildman–Crippen LogP) is 2.93. The van der Waals surface area contributed by atoms with E-state index in [2.05, 4.69) is 24.3 Å². The normalized spacial score (nSPS) is 11.3. The molecule has 0 saturated carbocycles. The van der Waals surface area contributed by atoms with Crippen molar-refractivity contribution >= 4 is 21.4 Å². The zero-order chi connectivity index (χ0) is 14.9. The van der Waals surface area contributed by atoms with Crippen molar-refractivity contribution in [1.29, 1.82) is 0 Å². The number of methoxy groups -OCH3 is 1. The molecule has 0 fully saturated rings. The summed E-state index contributed by atoms with van der Waals surface area (Å²) in [5.74, 6) is 0. The molecule has 0 unspecified atom stereocenters. The fourth-order valence-corrected chi connectivity index (χ4v) is 3.24. The molecule has 2 aromatic rings. The fourth-order valence-electron chi connectivity index (χ4n) is 2.15. The Hall–Kier alpha value is -0.980. The first-order valence-corrected chi connectivity index (χ1v) is 8.02. The maximum Gasteiger partial charge on any atom is 0.0734 e. The number of benzene rings is 1. The minimum absolute atomic E-state index is 0.568. The van der Waals surface area contributed by atoms with E-state index in [1.807, 2.05) is 0 Å². The van der Waals surface area contributed by atoms with Crippen LogP contribution in [0.3, 0.4) is 0 Å². The van der Waals surface area contributed by atoms with Gasteiger partial charge in [0.15, 0.2) is 0 Å². The molecule has 2 rings (SSSR count). The van der Waals surface area contributed by atoms with Crippen molar-refractivity contribution in [1.82, 2.24) is 0 Å². The lowest BCUT2D eigenvalue weighted by molar-refractivity contribution is 0.0485. The van der Waals surface area contributed by atoms with E-state index in [9.17, 15) is 0 Å². The van der Waals surface area contributed by atoms with Gasteiger partial charge in [0.25, 0.3) is 0 Å². The van der Waals surface area contributed by atoms with Gasteiger partial charge < -0.3 is 19.9 Å². The van der Waals surface area contributed by atoms with Crippen molar-refractivity contribution in [3.8, 4) is 0 Å². The maximum absolute atomic E-state index is 5.84. The molecule has 21 heavy (non-hydrogen) atoms. The molecule has 0 bridgehead atoms. The molecule has 0 aliphatic heterocycles. The number of fused-ring (bicyclic) bond motifs is 1. The van der Waals surface area contributed by atoms with E-state index in [0.29, 0.717) is 39.6 Å². The van der Waals surface area contributed by atoms with E-state index >= 15 is 0 Å². The van der Waals surface area contributed by atoms with Crippen LogP contribution in [0.5, 0.6) is 0 Å². The Morgan fingerprint density at radius 1 is 1.05 bits per heavy atom. The van der Waals surface area contributed by atoms with Crippen LogP contribution in [0.15, 0.2) is 24.3 Å². The summed E-state index contributed by atoms with van der Waals surface area (Å²) in [6.07, 6.45) is 0.893. The Balaban J connectivity index is 1.78. The summed E-state index contributed by atoms with van der Waals surface area (Å²) in [6.45, 7) is 3.87. The SMILES string of the molecule is COCCOCCCOCc1c(CN)sc2ccccc12. The van der Waals surface area contributed by atoms with E-state index in [1.165, 1.54) is 20.5 Å². The van der Waals surface area contributed by atoms with E-state index in [-0.39, 0.29) is 0 Å². The van der Waals surface area contributed by atoms with Crippen LogP contribution < -0.4 is 5.73 Å². The highest BCUT2D eigenvalue weighted by atomic mass is 32.1. The second-order valence-electron chi connectivity index (χ2n) is 4.72. The van der Waals surface area contributed by atoms with Crippen LogP contribution >= 0.6 is 11.3 Å². The summed E-state index contributed by atoms with van der Waals surface area (Å²) in [5, 5.41) is 1.26. The van der Waals surface area contributed by atoms with Crippen molar-refractivity contribution in [2.45, 2.75) is 19.6 Å². The van der Waals surface area contributed by atoms with Gasteiger partial charge in [-0.3, -0.25) is 0 Å². The molecule has 0 atom stereocenters. The molecule has 2 N–H and O–H groups in total. The number of hydrogen-bond donors (Lipinski definition) is 1. The molecule has 4 nitrogen and oxygen atoms in total. The fraction of sp³-hybridized carbons (Fsp3) is 0.500. The van der Waals surface area contributed by atoms with Crippen molar-refractivity contribution in [3.05, 3.63) is 34.7 Å². The molecule has 1 aromatic heterocycles. The van der Waals surface area contributed by atoms with Crippen LogP contribution in [0, 0.1) is 0 Å². The van der Waals surface area contributed by atoms with Gasteiger partial charge in [-0.1, -0.05) is 18.2 Å². The van der Waals surface area contributed by atoms with Crippen LogP contribution in [-0.2, 0) is 27.4 Å². The first kappa shape index (κ1) is 16.4. The average molecular weight is 309 g/mol. The molecule has 0 spiro atoms. The quantitative estimate of drug-likeness (QED) is 0.686. The van der Waals surface area contributed by atoms with Crippen LogP contribution in [-0.4, -0.2) is 33.5 Å². The molecule has 5 heteroatoms. The zero-order valence-corrected chi connectivity index (χ0v) is 13.3. The highest BCUT2D eigenvalue weighted by Crippen LogP contribution is 2.31. The predicted molar refractivity (Wildman–Crippen MR) is 86.7 cm³/mol. The Kier molecular flexibility index (Phi) is 7.12. The van der Waals surface area contributed by atoms with Crippen LogP contribution in [0.4, 0.5) is 0 Å². The summed E-state index contributed by atoms with van der Waals surface area (Å²) in [5.41, 5.74) is 7.07. The van der Waals surface area contributed by atoms with Gasteiger partial charge in [-0.15, -0.1) is 11.3 Å². The summed E-state index contributed by atoms with van der Waals surface area (Å²) in [6, 6.07) is 8.38. The minimum Gasteiger partial charge on any atom is -0.382 e. The summed E-state index contributed by atoms with van der Waals surface area (Å²) in [7, 11) is 1.67. The van der Waals surface area contributed by atoms with Crippen molar-refractivity contribution in [3.63, 3.8) is 0 Å². The smallest absolute Gasteiger partial charge is 0.0734 e. The highest BCUT2D eigenvalue weighted by molar-refractivity contribution is 7.19. The van der Waals surface area contributed by atoms with Crippen molar-refractivity contribution in [2.75, 3.05) is 33.5 Å². The monoisotopic (exact) mass is 309 g/mol. The van der Waals surface area contributed by atoms with Gasteiger partial charge >= 0.3 is 0 Å². The third-order valence-corrected chi connectivity index (χ3v) is 4.46. The van der Waals surface area contributed by atoms with Crippen LogP contribution in [0.2, 0.25) is 0 Å². The molecular formula is C16H23NO3S. The Bertz CT molecular complexity index is 541. The zero-order valence-electron chi connectivity index (χ0n) is 12.5. The second-order valence-corrected chi connectivity index (χ2v) is 5.85. The first-order valence-electron chi connectivity index (χ1n) is 7.20. The van der Waals surface area contributed by atoms with Gasteiger partial charge in [-0.25, -0.2) is 0 Å². The number of thiophene rings is 1. The third-order valence-electron chi connectivity index (χ3n) is 3.22. The molecule has 116 valence electrons. The first-order chi connectivity index (χ1) is 10.4. The minimum atomic E-state index is 0.568. The Morgan fingerprint density at radius 2 is 1.86 bits per heavy atom. The molecule has 0 saturated heterocycles. The second kappa shape index (κ2) is 9.12. The largest absolute Gasteiger partial charge is 0.382 e. The number of rotatable bonds is 10. The van der Waals surface area contributed by atoms with E-state index in [4.69, 9.17) is 19.9 Å². The van der Waals surface area contributed by atoms with E-state index in [0.717, 1.165) is 6.42 Å². The number of hydrogen-bond acceptors (Lipinski definition) is 5. The van der Waals surface area contributed by atoms with Crippen LogP contribution in [0.25, 0.3) is 10.1 Å². The van der Waals surface area contributed by atoms with Gasteiger partial charge in [-0.2, -0.15) is 0 Å². The molecular weight excluding hydrogens is 286 g/mol. The van der Waals surface area contributed by atoms with Gasteiger partial charge in [0.05, 0.1) is 19.8 Å². The lowest BCUT2D eigenvalue weighted by Crippen LogP contribution is -2.06. The lowest BCUT2D eigenvalue weighted by Gasteiger charge is -2.06. The van der Waals surface area contributed by atoms with Gasteiger partial charge in [0, 0.05) is 42.0 Å². The van der Waals surface area contributed by atoms with Crippen molar-refractivity contribution in [2.24, 2.45) is 5.73 Å². The molecule has 0 amide bonds. The standard InChI is InChI=1S/C16H23NO3S/c1-18-9-10-19-7-4-8-20-12-14-13-5-2-3-6-15(13)21-16(14)11-17/h2-3,5-6H,4,7-12,17H2,1H3. The summed E-state index contributed by atoms with van der Waals surface area (Å²) in [4.78, 5) is 1.22. The number of ether oxygens (including phenoxy) is 3. The van der Waals surface area contributed by atoms with Gasteiger partial charge in [0.1, 0.15) is 0 Å². The Morgan fingerprint density at radius 3 is 2.67 bits per heavy atom. The molecule has 0 aliphatic carbocycles. The summed E-state index contributed by atoms with van der Waals surface area (Å²) >= 11 is 1.76. The average Bonchev–Trinajstić information content (AvgIpc) is 2.88. The number of nitrogens with two attached hydrogens (primary N) is 1. The van der Waals surface area contributed by atoms with E-state index < -0.39 is 0 Å². The maximum atomic E-state index is 5.84. The molecule has 0 aliphatic rings.